The van der Waals surface area contributed by atoms with E-state index < -0.39 is 0 Å². The minimum Gasteiger partial charge on any atom is -0.370 e. The second kappa shape index (κ2) is 8.51. The molecular weight excluding hydrogens is 312 g/mol. The molecule has 3 rings (SSSR count). The van der Waals surface area contributed by atoms with Gasteiger partial charge in [-0.05, 0) is 42.5 Å². The van der Waals surface area contributed by atoms with Gasteiger partial charge in [-0.2, -0.15) is 0 Å². The Hall–Kier alpha value is -2.56. The van der Waals surface area contributed by atoms with E-state index in [1.54, 1.807) is 0 Å². The molecule has 5 nitrogen and oxygen atoms in total. The molecule has 0 fully saturated rings. The van der Waals surface area contributed by atoms with Crippen LogP contribution in [0.5, 0.6) is 0 Å². The molecule has 0 spiro atoms. The van der Waals surface area contributed by atoms with Crippen LogP contribution in [-0.4, -0.2) is 24.1 Å². The lowest BCUT2D eigenvalue weighted by atomic mass is 10.1. The highest BCUT2D eigenvalue weighted by Gasteiger charge is 2.10. The Labute approximate surface area is 149 Å². The Morgan fingerprint density at radius 2 is 2.08 bits per heavy atom. The van der Waals surface area contributed by atoms with Crippen LogP contribution in [0.25, 0.3) is 0 Å². The van der Waals surface area contributed by atoms with Crippen molar-refractivity contribution in [3.05, 3.63) is 53.2 Å². The molecule has 3 N–H and O–H groups in total. The molecular formula is C20H26N4O. The summed E-state index contributed by atoms with van der Waals surface area (Å²) in [6, 6.07) is 12.0. The molecule has 2 amide bonds. The van der Waals surface area contributed by atoms with E-state index in [1.807, 2.05) is 18.2 Å². The molecule has 0 saturated heterocycles. The summed E-state index contributed by atoms with van der Waals surface area (Å²) in [4.78, 5) is 16.8. The Morgan fingerprint density at radius 3 is 2.96 bits per heavy atom. The number of urea groups is 1. The quantitative estimate of drug-likeness (QED) is 0.751. The van der Waals surface area contributed by atoms with Crippen LogP contribution >= 0.6 is 0 Å². The molecule has 0 bridgehead atoms. The Kier molecular flexibility index (Phi) is 5.88. The monoisotopic (exact) mass is 338 g/mol. The number of amides is 2. The van der Waals surface area contributed by atoms with Crippen LogP contribution < -0.4 is 16.0 Å². The number of para-hydroxylation sites is 1. The molecule has 0 aliphatic carbocycles. The number of nitrogens with zero attached hydrogens (tertiary/aromatic N) is 1. The number of aryl methyl sites for hydroxylation is 2. The van der Waals surface area contributed by atoms with Crippen LogP contribution in [-0.2, 0) is 19.3 Å². The molecule has 2 heterocycles. The second-order valence-corrected chi connectivity index (χ2v) is 6.38. The van der Waals surface area contributed by atoms with E-state index in [9.17, 15) is 4.79 Å². The molecule has 0 atom stereocenters. The smallest absolute Gasteiger partial charge is 0.319 e. The van der Waals surface area contributed by atoms with Crippen molar-refractivity contribution in [1.82, 2.24) is 10.3 Å². The van der Waals surface area contributed by atoms with E-state index >= 15 is 0 Å². The van der Waals surface area contributed by atoms with Crippen LogP contribution in [0.4, 0.5) is 16.3 Å². The number of hydrogen-bond donors (Lipinski definition) is 3. The Bertz CT molecular complexity index is 729. The summed E-state index contributed by atoms with van der Waals surface area (Å²) in [5.74, 6) is 1.00. The highest BCUT2D eigenvalue weighted by Crippen LogP contribution is 2.20. The zero-order valence-corrected chi connectivity index (χ0v) is 14.8. The van der Waals surface area contributed by atoms with Gasteiger partial charge in [-0.25, -0.2) is 9.78 Å². The number of fused-ring (bicyclic) bond motifs is 1. The number of nitrogens with one attached hydrogen (secondary N) is 3. The number of carbonyl (C=O) groups excluding carboxylic acids is 1. The standard InChI is InChI=1S/C20H26N4O/c1-2-6-15-7-3-4-9-18(15)24-20(25)22-14-12-17-11-10-16-8-5-13-21-19(16)23-17/h3-4,7,9-11H,2,5-6,8,12-14H2,1H3,(H,21,23)(H2,22,24,25). The number of benzene rings is 1. The molecule has 1 aliphatic heterocycles. The van der Waals surface area contributed by atoms with E-state index in [0.29, 0.717) is 6.54 Å². The minimum absolute atomic E-state index is 0.167. The van der Waals surface area contributed by atoms with Gasteiger partial charge in [-0.15, -0.1) is 0 Å². The summed E-state index contributed by atoms with van der Waals surface area (Å²) in [6.45, 7) is 3.69. The molecule has 1 aliphatic rings. The van der Waals surface area contributed by atoms with Gasteiger partial charge >= 0.3 is 6.03 Å². The van der Waals surface area contributed by atoms with Crippen molar-refractivity contribution in [1.29, 1.82) is 0 Å². The lowest BCUT2D eigenvalue weighted by Crippen LogP contribution is -2.31. The van der Waals surface area contributed by atoms with Crippen molar-refractivity contribution in [2.75, 3.05) is 23.7 Å². The largest absolute Gasteiger partial charge is 0.370 e. The minimum atomic E-state index is -0.167. The van der Waals surface area contributed by atoms with Gasteiger partial charge in [-0.3, -0.25) is 0 Å². The van der Waals surface area contributed by atoms with E-state index in [2.05, 4.69) is 46.1 Å². The molecule has 0 unspecified atom stereocenters. The average molecular weight is 338 g/mol. The predicted molar refractivity (Wildman–Crippen MR) is 102 cm³/mol. The molecule has 5 heteroatoms. The van der Waals surface area contributed by atoms with Gasteiger partial charge in [0, 0.05) is 30.9 Å². The molecule has 25 heavy (non-hydrogen) atoms. The molecule has 132 valence electrons. The van der Waals surface area contributed by atoms with Crippen LogP contribution in [0, 0.1) is 0 Å². The lowest BCUT2D eigenvalue weighted by Gasteiger charge is -2.17. The number of aromatic nitrogens is 1. The topological polar surface area (TPSA) is 66.0 Å². The van der Waals surface area contributed by atoms with Gasteiger partial charge in [0.15, 0.2) is 0 Å². The van der Waals surface area contributed by atoms with Crippen LogP contribution in [0.15, 0.2) is 36.4 Å². The van der Waals surface area contributed by atoms with Crippen LogP contribution in [0.3, 0.4) is 0 Å². The number of anilines is 2. The summed E-state index contributed by atoms with van der Waals surface area (Å²) < 4.78 is 0. The number of carbonyl (C=O) groups is 1. The van der Waals surface area contributed by atoms with Crippen molar-refractivity contribution < 1.29 is 4.79 Å². The van der Waals surface area contributed by atoms with Gasteiger partial charge in [0.2, 0.25) is 0 Å². The summed E-state index contributed by atoms with van der Waals surface area (Å²) in [7, 11) is 0. The van der Waals surface area contributed by atoms with Gasteiger partial charge in [0.1, 0.15) is 5.82 Å². The normalized spacial score (nSPS) is 12.8. The Balaban J connectivity index is 1.50. The first kappa shape index (κ1) is 17.3. The third-order valence-electron chi connectivity index (χ3n) is 4.40. The van der Waals surface area contributed by atoms with E-state index in [0.717, 1.165) is 55.8 Å². The fourth-order valence-electron chi connectivity index (χ4n) is 3.11. The van der Waals surface area contributed by atoms with Crippen molar-refractivity contribution in [2.45, 2.75) is 39.0 Å². The number of rotatable bonds is 6. The van der Waals surface area contributed by atoms with Gasteiger partial charge in [-0.1, -0.05) is 37.6 Å². The maximum atomic E-state index is 12.1. The van der Waals surface area contributed by atoms with Crippen molar-refractivity contribution >= 4 is 17.5 Å². The second-order valence-electron chi connectivity index (χ2n) is 6.38. The maximum Gasteiger partial charge on any atom is 0.319 e. The van der Waals surface area contributed by atoms with Gasteiger partial charge in [0.25, 0.3) is 0 Å². The van der Waals surface area contributed by atoms with Crippen LogP contribution in [0.2, 0.25) is 0 Å². The van der Waals surface area contributed by atoms with Gasteiger partial charge in [0.05, 0.1) is 0 Å². The van der Waals surface area contributed by atoms with E-state index in [4.69, 9.17) is 0 Å². The predicted octanol–water partition coefficient (Wildman–Crippen LogP) is 3.76. The van der Waals surface area contributed by atoms with Crippen molar-refractivity contribution in [2.24, 2.45) is 0 Å². The fraction of sp³-hybridized carbons (Fsp3) is 0.400. The zero-order valence-electron chi connectivity index (χ0n) is 14.8. The van der Waals surface area contributed by atoms with E-state index in [1.165, 1.54) is 11.1 Å². The third-order valence-corrected chi connectivity index (χ3v) is 4.40. The first-order valence-corrected chi connectivity index (χ1v) is 9.11. The fourth-order valence-corrected chi connectivity index (χ4v) is 3.11. The average Bonchev–Trinajstić information content (AvgIpc) is 2.63. The van der Waals surface area contributed by atoms with Crippen LogP contribution in [0.1, 0.15) is 36.6 Å². The highest BCUT2D eigenvalue weighted by atomic mass is 16.2. The summed E-state index contributed by atoms with van der Waals surface area (Å²) >= 11 is 0. The number of hydrogen-bond acceptors (Lipinski definition) is 3. The first-order valence-electron chi connectivity index (χ1n) is 9.11. The number of pyridine rings is 1. The SMILES string of the molecule is CCCc1ccccc1NC(=O)NCCc1ccc2c(n1)NCCC2. The molecule has 1 aromatic heterocycles. The summed E-state index contributed by atoms with van der Waals surface area (Å²) in [5.41, 5.74) is 4.34. The van der Waals surface area contributed by atoms with Crippen molar-refractivity contribution in [3.8, 4) is 0 Å². The van der Waals surface area contributed by atoms with Gasteiger partial charge < -0.3 is 16.0 Å². The molecule has 2 aromatic rings. The first-order chi connectivity index (χ1) is 12.3. The highest BCUT2D eigenvalue weighted by molar-refractivity contribution is 5.90. The molecule has 0 radical (unpaired) electrons. The summed E-state index contributed by atoms with van der Waals surface area (Å²) in [5, 5.41) is 9.21. The van der Waals surface area contributed by atoms with Crippen molar-refractivity contribution in [3.63, 3.8) is 0 Å². The summed E-state index contributed by atoms with van der Waals surface area (Å²) in [6.07, 6.45) is 4.99. The molecule has 1 aromatic carbocycles. The van der Waals surface area contributed by atoms with E-state index in [-0.39, 0.29) is 6.03 Å². The molecule has 0 saturated carbocycles. The third kappa shape index (κ3) is 4.72. The maximum absolute atomic E-state index is 12.1. The Morgan fingerprint density at radius 1 is 1.20 bits per heavy atom. The lowest BCUT2D eigenvalue weighted by molar-refractivity contribution is 0.252. The zero-order chi connectivity index (χ0) is 17.5.